The lowest BCUT2D eigenvalue weighted by Gasteiger charge is -2.16. The molecule has 0 aliphatic rings. The minimum atomic E-state index is -0.778. The van der Waals surface area contributed by atoms with Gasteiger partial charge in [0.1, 0.15) is 0 Å². The third-order valence-corrected chi connectivity index (χ3v) is 1.33. The lowest BCUT2D eigenvalue weighted by atomic mass is 10.0. The Morgan fingerprint density at radius 1 is 1.60 bits per heavy atom. The number of aliphatic hydroxyl groups is 1. The molecule has 1 radical (unpaired) electrons. The number of hydrogen-bond donors (Lipinski definition) is 1. The van der Waals surface area contributed by atoms with E-state index in [0.717, 1.165) is 5.56 Å². The van der Waals surface area contributed by atoms with Crippen LogP contribution in [0.1, 0.15) is 19.4 Å². The van der Waals surface area contributed by atoms with E-state index in [2.05, 4.69) is 11.2 Å². The van der Waals surface area contributed by atoms with Crippen LogP contribution in [0, 0.1) is 6.20 Å². The zero-order chi connectivity index (χ0) is 7.61. The summed E-state index contributed by atoms with van der Waals surface area (Å²) < 4.78 is 0. The minimum Gasteiger partial charge on any atom is -0.386 e. The molecule has 1 heterocycles. The highest BCUT2D eigenvalue weighted by Gasteiger charge is 2.14. The van der Waals surface area contributed by atoms with E-state index in [1.807, 2.05) is 0 Å². The van der Waals surface area contributed by atoms with Crippen LogP contribution in [0.5, 0.6) is 0 Å². The molecule has 0 saturated carbocycles. The van der Waals surface area contributed by atoms with Gasteiger partial charge in [-0.15, -0.1) is 0 Å². The summed E-state index contributed by atoms with van der Waals surface area (Å²) in [6.45, 7) is 3.46. The lowest BCUT2D eigenvalue weighted by molar-refractivity contribution is 0.0785. The molecule has 10 heavy (non-hydrogen) atoms. The van der Waals surface area contributed by atoms with Gasteiger partial charge in [0.05, 0.1) is 11.8 Å². The Balaban J connectivity index is 2.97. The summed E-state index contributed by atoms with van der Waals surface area (Å²) in [5.74, 6) is 0. The summed E-state index contributed by atoms with van der Waals surface area (Å²) in [5, 5.41) is 9.44. The molecule has 0 atom stereocenters. The Kier molecular flexibility index (Phi) is 1.72. The Bertz CT molecular complexity index is 200. The molecule has 0 fully saturated rings. The van der Waals surface area contributed by atoms with Gasteiger partial charge in [-0.05, 0) is 31.5 Å². The molecular formula is C8H10NO. The predicted octanol–water partition coefficient (Wildman–Crippen LogP) is 1.11. The van der Waals surface area contributed by atoms with E-state index >= 15 is 0 Å². The van der Waals surface area contributed by atoms with E-state index in [4.69, 9.17) is 0 Å². The third-order valence-electron chi connectivity index (χ3n) is 1.33. The van der Waals surface area contributed by atoms with Gasteiger partial charge in [0, 0.05) is 6.20 Å². The standard InChI is InChI=1S/C8H10NO/c1-8(2,10)7-3-5-9-6-4-7/h3-5,10H,1-2H3. The van der Waals surface area contributed by atoms with Crippen LogP contribution in [-0.2, 0) is 5.60 Å². The van der Waals surface area contributed by atoms with Gasteiger partial charge in [0.25, 0.3) is 0 Å². The van der Waals surface area contributed by atoms with Gasteiger partial charge < -0.3 is 5.11 Å². The predicted molar refractivity (Wildman–Crippen MR) is 38.3 cm³/mol. The van der Waals surface area contributed by atoms with Crippen molar-refractivity contribution < 1.29 is 5.11 Å². The summed E-state index contributed by atoms with van der Waals surface area (Å²) in [4.78, 5) is 3.72. The number of nitrogens with zero attached hydrogens (tertiary/aromatic N) is 1. The van der Waals surface area contributed by atoms with Crippen molar-refractivity contribution in [3.63, 3.8) is 0 Å². The van der Waals surface area contributed by atoms with Crippen molar-refractivity contribution in [2.45, 2.75) is 19.4 Å². The van der Waals surface area contributed by atoms with Crippen molar-refractivity contribution in [1.82, 2.24) is 4.98 Å². The second-order valence-electron chi connectivity index (χ2n) is 2.73. The van der Waals surface area contributed by atoms with Crippen LogP contribution < -0.4 is 0 Å². The van der Waals surface area contributed by atoms with E-state index in [9.17, 15) is 5.11 Å². The fourth-order valence-corrected chi connectivity index (χ4v) is 0.696. The zero-order valence-corrected chi connectivity index (χ0v) is 6.13. The largest absolute Gasteiger partial charge is 0.386 e. The summed E-state index contributed by atoms with van der Waals surface area (Å²) in [7, 11) is 0. The molecule has 0 amide bonds. The third kappa shape index (κ3) is 1.54. The van der Waals surface area contributed by atoms with Gasteiger partial charge in [0.15, 0.2) is 0 Å². The molecule has 0 aliphatic carbocycles. The Morgan fingerprint density at radius 3 is 2.60 bits per heavy atom. The zero-order valence-electron chi connectivity index (χ0n) is 6.13. The smallest absolute Gasteiger partial charge is 0.0890 e. The second-order valence-corrected chi connectivity index (χ2v) is 2.73. The Hall–Kier alpha value is -0.890. The van der Waals surface area contributed by atoms with Gasteiger partial charge >= 0.3 is 0 Å². The van der Waals surface area contributed by atoms with Gasteiger partial charge in [-0.3, -0.25) is 4.98 Å². The Morgan fingerprint density at radius 2 is 2.30 bits per heavy atom. The van der Waals surface area contributed by atoms with Gasteiger partial charge in [-0.2, -0.15) is 0 Å². The van der Waals surface area contributed by atoms with E-state index in [1.165, 1.54) is 0 Å². The fraction of sp³-hybridized carbons (Fsp3) is 0.375. The van der Waals surface area contributed by atoms with Crippen LogP contribution in [0.4, 0.5) is 0 Å². The number of rotatable bonds is 1. The number of pyridine rings is 1. The van der Waals surface area contributed by atoms with Crippen molar-refractivity contribution in [2.24, 2.45) is 0 Å². The first-order chi connectivity index (χ1) is 4.61. The maximum atomic E-state index is 9.44. The normalized spacial score (nSPS) is 11.5. The minimum absolute atomic E-state index is 0.778. The molecular weight excluding hydrogens is 126 g/mol. The van der Waals surface area contributed by atoms with Gasteiger partial charge in [-0.1, -0.05) is 0 Å². The van der Waals surface area contributed by atoms with Crippen molar-refractivity contribution in [1.29, 1.82) is 0 Å². The number of hydrogen-bond acceptors (Lipinski definition) is 2. The van der Waals surface area contributed by atoms with Crippen molar-refractivity contribution in [3.05, 3.63) is 30.1 Å². The van der Waals surface area contributed by atoms with E-state index in [1.54, 1.807) is 32.2 Å². The molecule has 1 rings (SSSR count). The summed E-state index contributed by atoms with van der Waals surface area (Å²) in [5.41, 5.74) is 0.0573. The van der Waals surface area contributed by atoms with Crippen LogP contribution >= 0.6 is 0 Å². The van der Waals surface area contributed by atoms with E-state index < -0.39 is 5.60 Å². The van der Waals surface area contributed by atoms with Crippen molar-refractivity contribution >= 4 is 0 Å². The quantitative estimate of drug-likeness (QED) is 0.627. The number of aromatic nitrogens is 1. The van der Waals surface area contributed by atoms with Gasteiger partial charge in [-0.25, -0.2) is 0 Å². The molecule has 2 nitrogen and oxygen atoms in total. The van der Waals surface area contributed by atoms with Crippen LogP contribution in [-0.4, -0.2) is 10.1 Å². The van der Waals surface area contributed by atoms with Crippen LogP contribution in [0.25, 0.3) is 0 Å². The molecule has 0 aromatic carbocycles. The molecule has 0 unspecified atom stereocenters. The van der Waals surface area contributed by atoms with Crippen LogP contribution in [0.2, 0.25) is 0 Å². The highest BCUT2D eigenvalue weighted by Crippen LogP contribution is 2.16. The van der Waals surface area contributed by atoms with Crippen molar-refractivity contribution in [3.8, 4) is 0 Å². The highest BCUT2D eigenvalue weighted by molar-refractivity contribution is 5.15. The van der Waals surface area contributed by atoms with Gasteiger partial charge in [0.2, 0.25) is 0 Å². The molecule has 0 spiro atoms. The topological polar surface area (TPSA) is 33.1 Å². The maximum Gasteiger partial charge on any atom is 0.0890 e. The summed E-state index contributed by atoms with van der Waals surface area (Å²) in [6, 6.07) is 3.45. The Labute approximate surface area is 60.5 Å². The van der Waals surface area contributed by atoms with E-state index in [0.29, 0.717) is 0 Å². The molecule has 53 valence electrons. The molecule has 1 aromatic heterocycles. The first-order valence-electron chi connectivity index (χ1n) is 3.15. The monoisotopic (exact) mass is 136 g/mol. The molecule has 0 aliphatic heterocycles. The van der Waals surface area contributed by atoms with Crippen molar-refractivity contribution in [2.75, 3.05) is 0 Å². The van der Waals surface area contributed by atoms with Crippen LogP contribution in [0.15, 0.2) is 18.3 Å². The fourth-order valence-electron chi connectivity index (χ4n) is 0.696. The average Bonchev–Trinajstić information content (AvgIpc) is 1.88. The van der Waals surface area contributed by atoms with Crippen LogP contribution in [0.3, 0.4) is 0 Å². The molecule has 2 heteroatoms. The first-order valence-corrected chi connectivity index (χ1v) is 3.15. The molecule has 0 saturated heterocycles. The molecule has 0 bridgehead atoms. The second kappa shape index (κ2) is 2.39. The highest BCUT2D eigenvalue weighted by atomic mass is 16.3. The molecule has 1 aromatic rings. The maximum absolute atomic E-state index is 9.44. The molecule has 1 N–H and O–H groups in total. The first kappa shape index (κ1) is 7.22. The summed E-state index contributed by atoms with van der Waals surface area (Å²) in [6.07, 6.45) is 4.28. The SMILES string of the molecule is CC(C)(O)c1c[c]ncc1. The average molecular weight is 136 g/mol. The van der Waals surface area contributed by atoms with E-state index in [-0.39, 0.29) is 0 Å². The lowest BCUT2D eigenvalue weighted by Crippen LogP contribution is -2.14. The summed E-state index contributed by atoms with van der Waals surface area (Å²) >= 11 is 0.